The molecule has 1 aromatic heterocycles. The van der Waals surface area contributed by atoms with Crippen LogP contribution in [-0.4, -0.2) is 24.7 Å². The molecule has 4 heteroatoms. The minimum absolute atomic E-state index is 0.313. The summed E-state index contributed by atoms with van der Waals surface area (Å²) in [5.41, 5.74) is 1.25. The molecule has 0 aliphatic carbocycles. The van der Waals surface area contributed by atoms with E-state index in [-0.39, 0.29) is 0 Å². The van der Waals surface area contributed by atoms with Crippen molar-refractivity contribution >= 4 is 15.9 Å². The Bertz CT molecular complexity index is 416. The number of halogens is 1. The van der Waals surface area contributed by atoms with Crippen LogP contribution in [0.25, 0.3) is 0 Å². The van der Waals surface area contributed by atoms with Crippen molar-refractivity contribution in [3.63, 3.8) is 0 Å². The number of ether oxygens (including phenoxy) is 1. The second kappa shape index (κ2) is 5.57. The van der Waals surface area contributed by atoms with Crippen molar-refractivity contribution < 1.29 is 4.74 Å². The third-order valence-electron chi connectivity index (χ3n) is 3.38. The van der Waals surface area contributed by atoms with Crippen LogP contribution in [0.4, 0.5) is 0 Å². The van der Waals surface area contributed by atoms with E-state index in [2.05, 4.69) is 40.1 Å². The number of nitrogens with zero attached hydrogens (tertiary/aromatic N) is 1. The zero-order valence-corrected chi connectivity index (χ0v) is 12.9. The second-order valence-corrected chi connectivity index (χ2v) is 6.52. The summed E-state index contributed by atoms with van der Waals surface area (Å²) in [5, 5.41) is 3.36. The monoisotopic (exact) mass is 312 g/mol. The van der Waals surface area contributed by atoms with Gasteiger partial charge < -0.3 is 10.1 Å². The van der Waals surface area contributed by atoms with E-state index in [1.54, 1.807) is 0 Å². The quantitative estimate of drug-likeness (QED) is 0.848. The van der Waals surface area contributed by atoms with E-state index < -0.39 is 0 Å². The van der Waals surface area contributed by atoms with Crippen molar-refractivity contribution in [3.05, 3.63) is 22.4 Å². The largest absolute Gasteiger partial charge is 0.491 e. The summed E-state index contributed by atoms with van der Waals surface area (Å²) < 4.78 is 6.83. The van der Waals surface area contributed by atoms with Gasteiger partial charge in [0.05, 0.1) is 12.3 Å². The maximum Gasteiger partial charge on any atom is 0.140 e. The number of pyridine rings is 1. The Morgan fingerprint density at radius 1 is 1.44 bits per heavy atom. The highest BCUT2D eigenvalue weighted by Crippen LogP contribution is 2.32. The van der Waals surface area contributed by atoms with Gasteiger partial charge in [0.25, 0.3) is 0 Å². The molecule has 2 rings (SSSR count). The lowest BCUT2D eigenvalue weighted by Crippen LogP contribution is -2.57. The molecular formula is C14H21BrN2O. The van der Waals surface area contributed by atoms with E-state index >= 15 is 0 Å². The lowest BCUT2D eigenvalue weighted by atomic mass is 9.76. The molecule has 0 radical (unpaired) electrons. The average molecular weight is 313 g/mol. The second-order valence-electron chi connectivity index (χ2n) is 5.71. The van der Waals surface area contributed by atoms with E-state index in [4.69, 9.17) is 4.74 Å². The number of nitrogens with one attached hydrogen (secondary N) is 1. The molecule has 3 nitrogen and oxygen atoms in total. The van der Waals surface area contributed by atoms with Gasteiger partial charge in [-0.2, -0.15) is 0 Å². The Kier molecular flexibility index (Phi) is 4.28. The summed E-state index contributed by atoms with van der Waals surface area (Å²) in [5.74, 6) is 1.60. The molecule has 1 fully saturated rings. The van der Waals surface area contributed by atoms with Gasteiger partial charge in [0.1, 0.15) is 10.4 Å². The van der Waals surface area contributed by atoms with Gasteiger partial charge in [-0.3, -0.25) is 0 Å². The number of hydrogen-bond acceptors (Lipinski definition) is 3. The van der Waals surface area contributed by atoms with Crippen molar-refractivity contribution in [1.29, 1.82) is 0 Å². The summed E-state index contributed by atoms with van der Waals surface area (Å²) in [7, 11) is 0. The predicted octanol–water partition coefficient (Wildman–Crippen LogP) is 3.17. The molecule has 1 aliphatic rings. The van der Waals surface area contributed by atoms with Gasteiger partial charge in [0, 0.05) is 18.5 Å². The fourth-order valence-corrected chi connectivity index (χ4v) is 2.95. The lowest BCUT2D eigenvalue weighted by Gasteiger charge is -2.43. The summed E-state index contributed by atoms with van der Waals surface area (Å²) in [6, 6.07) is 3.91. The van der Waals surface area contributed by atoms with Gasteiger partial charge in [-0.15, -0.1) is 0 Å². The minimum atomic E-state index is 0.313. The van der Waals surface area contributed by atoms with E-state index in [0.717, 1.165) is 35.7 Å². The number of aryl methyl sites for hydroxylation is 1. The molecule has 1 aromatic rings. The Morgan fingerprint density at radius 2 is 2.17 bits per heavy atom. The van der Waals surface area contributed by atoms with Gasteiger partial charge in [-0.25, -0.2) is 4.98 Å². The molecule has 0 atom stereocenters. The summed E-state index contributed by atoms with van der Waals surface area (Å²) in [6.45, 7) is 9.43. The van der Waals surface area contributed by atoms with Crippen LogP contribution in [0.2, 0.25) is 0 Å². The summed E-state index contributed by atoms with van der Waals surface area (Å²) in [6.07, 6.45) is 1.21. The molecule has 0 spiro atoms. The topological polar surface area (TPSA) is 34.1 Å². The van der Waals surface area contributed by atoms with E-state index in [0.29, 0.717) is 11.3 Å². The highest BCUT2D eigenvalue weighted by atomic mass is 79.9. The Hall–Kier alpha value is -0.610. The highest BCUT2D eigenvalue weighted by molar-refractivity contribution is 9.10. The first-order valence-corrected chi connectivity index (χ1v) is 7.27. The Balaban J connectivity index is 1.97. The molecule has 100 valence electrons. The molecule has 0 aromatic carbocycles. The maximum atomic E-state index is 5.98. The van der Waals surface area contributed by atoms with Crippen LogP contribution in [0.1, 0.15) is 26.0 Å². The first-order valence-electron chi connectivity index (χ1n) is 6.47. The zero-order chi connectivity index (χ0) is 13.2. The van der Waals surface area contributed by atoms with E-state index in [9.17, 15) is 0 Å². The standard InChI is InChI=1S/C14H21BrN2O/c1-10(2)6-14(7-16-8-14)9-18-12-4-5-13(15)17-11(12)3/h4-5,10,16H,6-9H2,1-3H3. The van der Waals surface area contributed by atoms with Crippen molar-refractivity contribution in [3.8, 4) is 5.75 Å². The van der Waals surface area contributed by atoms with Crippen molar-refractivity contribution in [1.82, 2.24) is 10.3 Å². The molecular weight excluding hydrogens is 292 g/mol. The molecule has 0 amide bonds. The molecule has 1 saturated heterocycles. The zero-order valence-electron chi connectivity index (χ0n) is 11.3. The first kappa shape index (κ1) is 13.8. The van der Waals surface area contributed by atoms with E-state index in [1.807, 2.05) is 19.1 Å². The molecule has 1 N–H and O–H groups in total. The molecule has 2 heterocycles. The van der Waals surface area contributed by atoms with Gasteiger partial charge in [-0.05, 0) is 47.3 Å². The van der Waals surface area contributed by atoms with Crippen LogP contribution < -0.4 is 10.1 Å². The summed E-state index contributed by atoms with van der Waals surface area (Å²) >= 11 is 3.37. The first-order chi connectivity index (χ1) is 8.51. The minimum Gasteiger partial charge on any atom is -0.491 e. The number of rotatable bonds is 5. The normalized spacial score (nSPS) is 17.6. The highest BCUT2D eigenvalue weighted by Gasteiger charge is 2.38. The Morgan fingerprint density at radius 3 is 2.67 bits per heavy atom. The third kappa shape index (κ3) is 3.23. The maximum absolute atomic E-state index is 5.98. The van der Waals surface area contributed by atoms with E-state index in [1.165, 1.54) is 6.42 Å². The van der Waals surface area contributed by atoms with Crippen LogP contribution >= 0.6 is 15.9 Å². The SMILES string of the molecule is Cc1nc(Br)ccc1OCC1(CC(C)C)CNC1. The van der Waals surface area contributed by atoms with Crippen molar-refractivity contribution in [2.45, 2.75) is 27.2 Å². The summed E-state index contributed by atoms with van der Waals surface area (Å²) in [4.78, 5) is 4.36. The van der Waals surface area contributed by atoms with Gasteiger partial charge in [0.15, 0.2) is 0 Å². The molecule has 0 saturated carbocycles. The van der Waals surface area contributed by atoms with Crippen LogP contribution in [0, 0.1) is 18.3 Å². The van der Waals surface area contributed by atoms with Crippen molar-refractivity contribution in [2.24, 2.45) is 11.3 Å². The van der Waals surface area contributed by atoms with Gasteiger partial charge in [0.2, 0.25) is 0 Å². The van der Waals surface area contributed by atoms with Crippen LogP contribution in [-0.2, 0) is 0 Å². The van der Waals surface area contributed by atoms with Gasteiger partial charge in [-0.1, -0.05) is 13.8 Å². The Labute approximate surface area is 117 Å². The molecule has 18 heavy (non-hydrogen) atoms. The fraction of sp³-hybridized carbons (Fsp3) is 0.643. The van der Waals surface area contributed by atoms with Crippen molar-refractivity contribution in [2.75, 3.05) is 19.7 Å². The van der Waals surface area contributed by atoms with Crippen LogP contribution in [0.5, 0.6) is 5.75 Å². The van der Waals surface area contributed by atoms with Crippen LogP contribution in [0.3, 0.4) is 0 Å². The van der Waals surface area contributed by atoms with Crippen LogP contribution in [0.15, 0.2) is 16.7 Å². The average Bonchev–Trinajstić information content (AvgIpc) is 2.23. The fourth-order valence-electron chi connectivity index (χ4n) is 2.55. The predicted molar refractivity (Wildman–Crippen MR) is 76.9 cm³/mol. The lowest BCUT2D eigenvalue weighted by molar-refractivity contribution is 0.0597. The number of aromatic nitrogens is 1. The van der Waals surface area contributed by atoms with Gasteiger partial charge >= 0.3 is 0 Å². The number of hydrogen-bond donors (Lipinski definition) is 1. The molecule has 0 unspecified atom stereocenters. The smallest absolute Gasteiger partial charge is 0.140 e. The molecule has 0 bridgehead atoms. The molecule has 1 aliphatic heterocycles. The third-order valence-corrected chi connectivity index (χ3v) is 3.82.